The van der Waals surface area contributed by atoms with Crippen LogP contribution in [0.5, 0.6) is 0 Å². The van der Waals surface area contributed by atoms with Gasteiger partial charge in [-0.3, -0.25) is 4.79 Å². The highest BCUT2D eigenvalue weighted by Gasteiger charge is 2.11. The molecule has 9 nitrogen and oxygen atoms in total. The van der Waals surface area contributed by atoms with E-state index >= 15 is 0 Å². The van der Waals surface area contributed by atoms with E-state index < -0.39 is 0 Å². The molecule has 4 rings (SSSR count). The van der Waals surface area contributed by atoms with Gasteiger partial charge in [-0.25, -0.2) is 4.98 Å². The lowest BCUT2D eigenvalue weighted by Gasteiger charge is -2.05. The number of amides is 1. The van der Waals surface area contributed by atoms with E-state index in [2.05, 4.69) is 30.9 Å². The number of furan rings is 1. The number of hydrogen-bond acceptors (Lipinski definition) is 8. The van der Waals surface area contributed by atoms with Gasteiger partial charge in [-0.15, -0.1) is 26.6 Å². The second kappa shape index (κ2) is 7.31. The molecule has 0 bridgehead atoms. The number of carbonyl (C=O) groups excluding carboxylic acids is 1. The van der Waals surface area contributed by atoms with Crippen molar-refractivity contribution in [1.82, 2.24) is 24.8 Å². The Kier molecular flexibility index (Phi) is 4.56. The quantitative estimate of drug-likeness (QED) is 0.514. The summed E-state index contributed by atoms with van der Waals surface area (Å²) >= 11 is 1.38. The third kappa shape index (κ3) is 3.70. The number of aryl methyl sites for hydroxylation is 1. The monoisotopic (exact) mass is 369 g/mol. The lowest BCUT2D eigenvalue weighted by molar-refractivity contribution is -0.116. The molecule has 2 N–H and O–H groups in total. The minimum atomic E-state index is -0.121. The minimum absolute atomic E-state index is 0.121. The molecule has 10 heteroatoms. The summed E-state index contributed by atoms with van der Waals surface area (Å²) in [5, 5.41) is 21.0. The van der Waals surface area contributed by atoms with E-state index in [1.54, 1.807) is 17.0 Å². The zero-order valence-corrected chi connectivity index (χ0v) is 14.4. The Morgan fingerprint density at radius 3 is 3.04 bits per heavy atom. The van der Waals surface area contributed by atoms with Gasteiger partial charge in [-0.1, -0.05) is 0 Å². The normalized spacial score (nSPS) is 10.9. The highest BCUT2D eigenvalue weighted by molar-refractivity contribution is 7.13. The van der Waals surface area contributed by atoms with E-state index in [1.807, 2.05) is 29.6 Å². The molecule has 0 aliphatic carbocycles. The lowest BCUT2D eigenvalue weighted by Crippen LogP contribution is -2.13. The standard InChI is InChI=1S/C16H15N7O2S/c24-15(19-16-17-7-9-26-16)6-5-14-21-20-13-4-3-12(22-23(13)14)18-10-11-2-1-8-25-11/h1-4,7-9H,5-6,10H2,(H,18,22)(H,17,19,24). The van der Waals surface area contributed by atoms with E-state index in [9.17, 15) is 4.79 Å². The topological polar surface area (TPSA) is 110 Å². The second-order valence-corrected chi connectivity index (χ2v) is 6.32. The predicted octanol–water partition coefficient (Wildman–Crippen LogP) is 2.36. The smallest absolute Gasteiger partial charge is 0.226 e. The highest BCUT2D eigenvalue weighted by Crippen LogP contribution is 2.13. The van der Waals surface area contributed by atoms with Gasteiger partial charge >= 0.3 is 0 Å². The molecule has 4 heterocycles. The fourth-order valence-corrected chi connectivity index (χ4v) is 2.91. The molecular weight excluding hydrogens is 354 g/mol. The van der Waals surface area contributed by atoms with Gasteiger partial charge < -0.3 is 15.1 Å². The van der Waals surface area contributed by atoms with Crippen LogP contribution in [0.3, 0.4) is 0 Å². The molecule has 0 aliphatic rings. The summed E-state index contributed by atoms with van der Waals surface area (Å²) < 4.78 is 6.93. The number of hydrogen-bond donors (Lipinski definition) is 2. The molecule has 0 aromatic carbocycles. The van der Waals surface area contributed by atoms with Crippen LogP contribution in [0.4, 0.5) is 10.9 Å². The van der Waals surface area contributed by atoms with Crippen LogP contribution >= 0.6 is 11.3 Å². The van der Waals surface area contributed by atoms with Gasteiger partial charge in [0.2, 0.25) is 5.91 Å². The van der Waals surface area contributed by atoms with Crippen LogP contribution in [0.15, 0.2) is 46.5 Å². The van der Waals surface area contributed by atoms with Crippen molar-refractivity contribution in [3.63, 3.8) is 0 Å². The number of carbonyl (C=O) groups is 1. The average molecular weight is 369 g/mol. The van der Waals surface area contributed by atoms with Crippen LogP contribution in [0, 0.1) is 0 Å². The molecule has 132 valence electrons. The molecule has 0 radical (unpaired) electrons. The maximum Gasteiger partial charge on any atom is 0.226 e. The van der Waals surface area contributed by atoms with Crippen molar-refractivity contribution in [2.75, 3.05) is 10.6 Å². The first kappa shape index (κ1) is 16.2. The Balaban J connectivity index is 1.41. The molecule has 0 atom stereocenters. The number of nitrogens with zero attached hydrogens (tertiary/aromatic N) is 5. The summed E-state index contributed by atoms with van der Waals surface area (Å²) in [5.74, 6) is 1.98. The summed E-state index contributed by atoms with van der Waals surface area (Å²) in [4.78, 5) is 16.0. The van der Waals surface area contributed by atoms with Gasteiger partial charge in [0.1, 0.15) is 11.6 Å². The first-order valence-corrected chi connectivity index (χ1v) is 8.83. The predicted molar refractivity (Wildman–Crippen MR) is 95.9 cm³/mol. The summed E-state index contributed by atoms with van der Waals surface area (Å²) in [5.41, 5.74) is 0.629. The van der Waals surface area contributed by atoms with Gasteiger partial charge in [0.05, 0.1) is 12.8 Å². The first-order valence-electron chi connectivity index (χ1n) is 7.95. The van der Waals surface area contributed by atoms with Crippen molar-refractivity contribution in [2.24, 2.45) is 0 Å². The zero-order chi connectivity index (χ0) is 17.8. The number of nitrogens with one attached hydrogen (secondary N) is 2. The Morgan fingerprint density at radius 1 is 1.27 bits per heavy atom. The molecule has 0 saturated carbocycles. The number of thiazole rings is 1. The largest absolute Gasteiger partial charge is 0.467 e. The number of rotatable bonds is 7. The number of anilines is 2. The van der Waals surface area contributed by atoms with Gasteiger partial charge in [-0.2, -0.15) is 4.52 Å². The molecule has 4 aromatic heterocycles. The fourth-order valence-electron chi connectivity index (χ4n) is 2.37. The Labute approximate surface area is 152 Å². The zero-order valence-electron chi connectivity index (χ0n) is 13.6. The Bertz CT molecular complexity index is 995. The molecule has 1 amide bonds. The molecule has 0 saturated heterocycles. The Morgan fingerprint density at radius 2 is 2.23 bits per heavy atom. The van der Waals surface area contributed by atoms with Crippen LogP contribution in [0.25, 0.3) is 5.65 Å². The van der Waals surface area contributed by atoms with Gasteiger partial charge in [0.15, 0.2) is 16.6 Å². The van der Waals surface area contributed by atoms with Gasteiger partial charge in [0, 0.05) is 24.4 Å². The van der Waals surface area contributed by atoms with Crippen LogP contribution in [0.1, 0.15) is 18.0 Å². The van der Waals surface area contributed by atoms with Crippen molar-refractivity contribution in [3.8, 4) is 0 Å². The van der Waals surface area contributed by atoms with E-state index in [0.29, 0.717) is 35.4 Å². The molecule has 0 spiro atoms. The van der Waals surface area contributed by atoms with E-state index in [-0.39, 0.29) is 12.3 Å². The summed E-state index contributed by atoms with van der Waals surface area (Å²) in [6.07, 6.45) is 3.97. The molecular formula is C16H15N7O2S. The van der Waals surface area contributed by atoms with Crippen LogP contribution in [0.2, 0.25) is 0 Å². The van der Waals surface area contributed by atoms with Gasteiger partial charge in [-0.05, 0) is 24.3 Å². The lowest BCUT2D eigenvalue weighted by atomic mass is 10.3. The van der Waals surface area contributed by atoms with E-state index in [1.165, 1.54) is 11.3 Å². The number of aromatic nitrogens is 5. The van der Waals surface area contributed by atoms with Crippen molar-refractivity contribution in [2.45, 2.75) is 19.4 Å². The maximum absolute atomic E-state index is 12.0. The van der Waals surface area contributed by atoms with Crippen molar-refractivity contribution >= 4 is 33.8 Å². The van der Waals surface area contributed by atoms with E-state index in [0.717, 1.165) is 5.76 Å². The van der Waals surface area contributed by atoms with Crippen molar-refractivity contribution in [3.05, 3.63) is 53.7 Å². The summed E-state index contributed by atoms with van der Waals surface area (Å²) in [6, 6.07) is 7.37. The summed E-state index contributed by atoms with van der Waals surface area (Å²) in [6.45, 7) is 0.527. The first-order chi connectivity index (χ1) is 12.8. The van der Waals surface area contributed by atoms with Crippen molar-refractivity contribution in [1.29, 1.82) is 0 Å². The minimum Gasteiger partial charge on any atom is -0.467 e. The van der Waals surface area contributed by atoms with Crippen LogP contribution < -0.4 is 10.6 Å². The third-order valence-electron chi connectivity index (χ3n) is 3.61. The molecule has 26 heavy (non-hydrogen) atoms. The van der Waals surface area contributed by atoms with Gasteiger partial charge in [0.25, 0.3) is 0 Å². The average Bonchev–Trinajstić information content (AvgIpc) is 3.40. The van der Waals surface area contributed by atoms with Crippen LogP contribution in [-0.4, -0.2) is 30.7 Å². The molecule has 0 fully saturated rings. The van der Waals surface area contributed by atoms with Crippen molar-refractivity contribution < 1.29 is 9.21 Å². The molecule has 4 aromatic rings. The maximum atomic E-state index is 12.0. The van der Waals surface area contributed by atoms with E-state index in [4.69, 9.17) is 4.42 Å². The summed E-state index contributed by atoms with van der Waals surface area (Å²) in [7, 11) is 0. The number of fused-ring (bicyclic) bond motifs is 1. The third-order valence-corrected chi connectivity index (χ3v) is 4.29. The molecule has 0 aliphatic heterocycles. The SMILES string of the molecule is O=C(CCc1nnc2ccc(NCc3ccco3)nn12)Nc1nccs1. The second-order valence-electron chi connectivity index (χ2n) is 5.42. The molecule has 0 unspecified atom stereocenters. The van der Waals surface area contributed by atoms with Crippen LogP contribution in [-0.2, 0) is 17.8 Å². The Hall–Kier alpha value is -3.27. The fraction of sp³-hybridized carbons (Fsp3) is 0.188. The highest BCUT2D eigenvalue weighted by atomic mass is 32.1.